The van der Waals surface area contributed by atoms with Crippen LogP contribution in [-0.2, 0) is 12.8 Å². The standard InChI is InChI=1S/C25H29BrN2OS/c1-17-5-7-22-21(18(17)2)10-14-28(25(22)29)12-4-11-27(3)13-9-19-16-30-24-8-6-20(26)15-23(19)24/h5-8,15-16H,4,9-14H2,1-3H3. The number of carbonyl (C=O) groups is 1. The summed E-state index contributed by atoms with van der Waals surface area (Å²) in [5, 5.41) is 3.66. The van der Waals surface area contributed by atoms with E-state index in [2.05, 4.69) is 71.4 Å². The molecule has 5 heteroatoms. The lowest BCUT2D eigenvalue weighted by Gasteiger charge is -2.30. The Hall–Kier alpha value is -1.69. The Bertz CT molecular complexity index is 1070. The van der Waals surface area contributed by atoms with E-state index in [9.17, 15) is 4.79 Å². The maximum atomic E-state index is 12.9. The van der Waals surface area contributed by atoms with Gasteiger partial charge in [0.05, 0.1) is 0 Å². The van der Waals surface area contributed by atoms with E-state index in [0.717, 1.165) is 55.5 Å². The van der Waals surface area contributed by atoms with Crippen LogP contribution in [0.2, 0.25) is 0 Å². The van der Waals surface area contributed by atoms with Crippen LogP contribution in [0.25, 0.3) is 10.1 Å². The van der Waals surface area contributed by atoms with Gasteiger partial charge in [0.1, 0.15) is 0 Å². The summed E-state index contributed by atoms with van der Waals surface area (Å²) in [6, 6.07) is 10.6. The van der Waals surface area contributed by atoms with Gasteiger partial charge in [-0.05, 0) is 104 Å². The zero-order valence-corrected chi connectivity index (χ0v) is 20.4. The molecule has 4 rings (SSSR count). The van der Waals surface area contributed by atoms with E-state index in [1.54, 1.807) is 0 Å². The van der Waals surface area contributed by atoms with Crippen LogP contribution in [0.1, 0.15) is 39.0 Å². The van der Waals surface area contributed by atoms with Gasteiger partial charge in [-0.15, -0.1) is 11.3 Å². The van der Waals surface area contributed by atoms with E-state index in [1.165, 1.54) is 32.3 Å². The summed E-state index contributed by atoms with van der Waals surface area (Å²) in [6.07, 6.45) is 3.05. The number of aryl methyl sites for hydroxylation is 1. The minimum absolute atomic E-state index is 0.206. The van der Waals surface area contributed by atoms with E-state index < -0.39 is 0 Å². The first-order chi connectivity index (χ1) is 14.4. The molecule has 0 aliphatic carbocycles. The lowest BCUT2D eigenvalue weighted by Crippen LogP contribution is -2.39. The van der Waals surface area contributed by atoms with E-state index in [-0.39, 0.29) is 5.91 Å². The minimum Gasteiger partial charge on any atom is -0.338 e. The summed E-state index contributed by atoms with van der Waals surface area (Å²) in [5.74, 6) is 0.206. The van der Waals surface area contributed by atoms with Crippen molar-refractivity contribution in [1.29, 1.82) is 0 Å². The molecule has 0 N–H and O–H groups in total. The normalized spacial score (nSPS) is 14.0. The Morgan fingerprint density at radius 3 is 2.83 bits per heavy atom. The molecule has 1 aliphatic heterocycles. The number of rotatable bonds is 7. The number of amides is 1. The first-order valence-electron chi connectivity index (χ1n) is 10.7. The largest absolute Gasteiger partial charge is 0.338 e. The summed E-state index contributed by atoms with van der Waals surface area (Å²) >= 11 is 5.41. The van der Waals surface area contributed by atoms with Crippen LogP contribution in [0.3, 0.4) is 0 Å². The van der Waals surface area contributed by atoms with Gasteiger partial charge < -0.3 is 9.80 Å². The van der Waals surface area contributed by atoms with Crippen molar-refractivity contribution in [2.75, 3.05) is 33.2 Å². The summed E-state index contributed by atoms with van der Waals surface area (Å²) in [5.41, 5.74) is 6.16. The first-order valence-corrected chi connectivity index (χ1v) is 12.3. The number of benzene rings is 2. The molecule has 3 aromatic rings. The van der Waals surface area contributed by atoms with Gasteiger partial charge in [-0.2, -0.15) is 0 Å². The van der Waals surface area contributed by atoms with Crippen LogP contribution < -0.4 is 0 Å². The molecule has 0 atom stereocenters. The number of hydrogen-bond donors (Lipinski definition) is 0. The van der Waals surface area contributed by atoms with Crippen LogP contribution in [0.4, 0.5) is 0 Å². The second kappa shape index (κ2) is 9.21. The minimum atomic E-state index is 0.206. The fourth-order valence-electron chi connectivity index (χ4n) is 4.33. The van der Waals surface area contributed by atoms with Crippen molar-refractivity contribution >= 4 is 43.3 Å². The lowest BCUT2D eigenvalue weighted by atomic mass is 9.91. The van der Waals surface area contributed by atoms with Crippen molar-refractivity contribution in [1.82, 2.24) is 9.80 Å². The predicted molar refractivity (Wildman–Crippen MR) is 131 cm³/mol. The van der Waals surface area contributed by atoms with Crippen molar-refractivity contribution < 1.29 is 4.79 Å². The molecular weight excluding hydrogens is 456 g/mol. The number of fused-ring (bicyclic) bond motifs is 2. The summed E-state index contributed by atoms with van der Waals surface area (Å²) < 4.78 is 2.49. The van der Waals surface area contributed by atoms with Gasteiger partial charge in [-0.1, -0.05) is 22.0 Å². The molecule has 30 heavy (non-hydrogen) atoms. The summed E-state index contributed by atoms with van der Waals surface area (Å²) in [6.45, 7) is 7.99. The molecule has 0 fully saturated rings. The van der Waals surface area contributed by atoms with Gasteiger partial charge in [0.15, 0.2) is 0 Å². The second-order valence-corrected chi connectivity index (χ2v) is 10.2. The zero-order valence-electron chi connectivity index (χ0n) is 18.0. The molecule has 1 amide bonds. The number of likely N-dealkylation sites (N-methyl/N-ethyl adjacent to an activating group) is 1. The number of nitrogens with zero attached hydrogens (tertiary/aromatic N) is 2. The monoisotopic (exact) mass is 484 g/mol. The first kappa shape index (κ1) is 21.5. The fraction of sp³-hybridized carbons (Fsp3) is 0.400. The number of hydrogen-bond acceptors (Lipinski definition) is 3. The number of halogens is 1. The average Bonchev–Trinajstić information content (AvgIpc) is 3.13. The fourth-order valence-corrected chi connectivity index (χ4v) is 5.67. The third-order valence-electron chi connectivity index (χ3n) is 6.37. The Kier molecular flexibility index (Phi) is 6.61. The molecule has 0 unspecified atom stereocenters. The van der Waals surface area contributed by atoms with Crippen LogP contribution in [-0.4, -0.2) is 48.9 Å². The molecule has 0 saturated heterocycles. The molecule has 0 radical (unpaired) electrons. The number of thiophene rings is 1. The molecular formula is C25H29BrN2OS. The Morgan fingerprint density at radius 1 is 1.17 bits per heavy atom. The highest BCUT2D eigenvalue weighted by atomic mass is 79.9. The van der Waals surface area contributed by atoms with Gasteiger partial charge in [0.2, 0.25) is 0 Å². The molecule has 1 aromatic heterocycles. The van der Waals surface area contributed by atoms with E-state index in [0.29, 0.717) is 0 Å². The van der Waals surface area contributed by atoms with Gasteiger partial charge in [0.25, 0.3) is 5.91 Å². The molecule has 0 saturated carbocycles. The van der Waals surface area contributed by atoms with Crippen molar-refractivity contribution in [2.24, 2.45) is 0 Å². The highest BCUT2D eigenvalue weighted by molar-refractivity contribution is 9.10. The van der Waals surface area contributed by atoms with E-state index >= 15 is 0 Å². The highest BCUT2D eigenvalue weighted by Crippen LogP contribution is 2.29. The van der Waals surface area contributed by atoms with Crippen LogP contribution in [0.15, 0.2) is 40.2 Å². The lowest BCUT2D eigenvalue weighted by molar-refractivity contribution is 0.0733. The van der Waals surface area contributed by atoms with Gasteiger partial charge in [-0.3, -0.25) is 4.79 Å². The van der Waals surface area contributed by atoms with Crippen LogP contribution >= 0.6 is 27.3 Å². The van der Waals surface area contributed by atoms with Crippen molar-refractivity contribution in [3.63, 3.8) is 0 Å². The summed E-state index contributed by atoms with van der Waals surface area (Å²) in [4.78, 5) is 17.3. The molecule has 0 bridgehead atoms. The van der Waals surface area contributed by atoms with E-state index in [4.69, 9.17) is 0 Å². The number of carbonyl (C=O) groups excluding carboxylic acids is 1. The van der Waals surface area contributed by atoms with Crippen LogP contribution in [0, 0.1) is 13.8 Å². The van der Waals surface area contributed by atoms with Gasteiger partial charge in [-0.25, -0.2) is 0 Å². The van der Waals surface area contributed by atoms with Gasteiger partial charge >= 0.3 is 0 Å². The molecule has 0 spiro atoms. The summed E-state index contributed by atoms with van der Waals surface area (Å²) in [7, 11) is 2.18. The van der Waals surface area contributed by atoms with Crippen molar-refractivity contribution in [2.45, 2.75) is 33.1 Å². The smallest absolute Gasteiger partial charge is 0.254 e. The van der Waals surface area contributed by atoms with Crippen molar-refractivity contribution in [3.05, 3.63) is 68.0 Å². The highest BCUT2D eigenvalue weighted by Gasteiger charge is 2.25. The average molecular weight is 485 g/mol. The molecule has 1 aliphatic rings. The topological polar surface area (TPSA) is 23.6 Å². The Labute approximate surface area is 191 Å². The Morgan fingerprint density at radius 2 is 2.00 bits per heavy atom. The maximum Gasteiger partial charge on any atom is 0.254 e. The quantitative estimate of drug-likeness (QED) is 0.420. The third-order valence-corrected chi connectivity index (χ3v) is 7.87. The molecule has 2 aromatic carbocycles. The van der Waals surface area contributed by atoms with E-state index in [1.807, 2.05) is 22.3 Å². The molecule has 158 valence electrons. The van der Waals surface area contributed by atoms with Crippen LogP contribution in [0.5, 0.6) is 0 Å². The molecule has 2 heterocycles. The molecule has 3 nitrogen and oxygen atoms in total. The Balaban J connectivity index is 1.27. The SMILES string of the molecule is Cc1ccc2c(c1C)CCN(CCCN(C)CCc1csc3ccc(Br)cc13)C2=O. The second-order valence-electron chi connectivity index (χ2n) is 8.38. The zero-order chi connectivity index (χ0) is 21.3. The third kappa shape index (κ3) is 4.48. The maximum absolute atomic E-state index is 12.9. The van der Waals surface area contributed by atoms with Gasteiger partial charge in [0, 0.05) is 34.4 Å². The van der Waals surface area contributed by atoms with Crippen molar-refractivity contribution in [3.8, 4) is 0 Å². The predicted octanol–water partition coefficient (Wildman–Crippen LogP) is 5.84.